The van der Waals surface area contributed by atoms with Crippen LogP contribution >= 0.6 is 0 Å². The lowest BCUT2D eigenvalue weighted by molar-refractivity contribution is 0.0697. The van der Waals surface area contributed by atoms with E-state index in [1.54, 1.807) is 12.3 Å². The third-order valence-electron chi connectivity index (χ3n) is 2.86. The summed E-state index contributed by atoms with van der Waals surface area (Å²) < 4.78 is 1.94. The average Bonchev–Trinajstić information content (AvgIpc) is 2.75. The predicted molar refractivity (Wildman–Crippen MR) is 71.3 cm³/mol. The second kappa shape index (κ2) is 5.51. The number of aryl methyl sites for hydroxylation is 2. The van der Waals surface area contributed by atoms with Gasteiger partial charge in [-0.25, -0.2) is 9.78 Å². The molecule has 2 heterocycles. The number of rotatable bonds is 5. The van der Waals surface area contributed by atoms with Crippen LogP contribution in [0, 0.1) is 6.92 Å². The number of nitrogens with zero attached hydrogens (tertiary/aromatic N) is 3. The van der Waals surface area contributed by atoms with Crippen molar-refractivity contribution in [1.29, 1.82) is 0 Å². The fourth-order valence-electron chi connectivity index (χ4n) is 1.82. The predicted octanol–water partition coefficient (Wildman–Crippen LogP) is 1.48. The Balaban J connectivity index is 2.05. The molecule has 0 fully saturated rings. The van der Waals surface area contributed by atoms with Gasteiger partial charge in [-0.05, 0) is 13.0 Å². The van der Waals surface area contributed by atoms with Crippen LogP contribution in [-0.4, -0.2) is 32.2 Å². The topological polar surface area (TPSA) is 80.0 Å². The molecule has 0 spiro atoms. The van der Waals surface area contributed by atoms with E-state index >= 15 is 0 Å². The third kappa shape index (κ3) is 3.09. The molecule has 0 saturated carbocycles. The standard InChI is InChI=1S/C13H16N4O2/c1-9-7-11(10(8-16-9)13(18)19)14-4-3-12-15-5-6-17(12)2/h5-8H,3-4H2,1-2H3,(H,14,16)(H,18,19). The molecule has 2 rings (SSSR count). The number of aromatic carboxylic acids is 1. The van der Waals surface area contributed by atoms with Gasteiger partial charge < -0.3 is 15.0 Å². The van der Waals surface area contributed by atoms with E-state index in [1.807, 2.05) is 24.7 Å². The van der Waals surface area contributed by atoms with E-state index in [9.17, 15) is 4.79 Å². The Morgan fingerprint density at radius 2 is 2.26 bits per heavy atom. The van der Waals surface area contributed by atoms with Gasteiger partial charge in [-0.2, -0.15) is 0 Å². The Morgan fingerprint density at radius 3 is 2.89 bits per heavy atom. The number of carbonyl (C=O) groups is 1. The maximum atomic E-state index is 11.1. The molecule has 2 N–H and O–H groups in total. The van der Waals surface area contributed by atoms with Crippen molar-refractivity contribution in [3.8, 4) is 0 Å². The van der Waals surface area contributed by atoms with Crippen molar-refractivity contribution in [3.05, 3.63) is 41.7 Å². The zero-order chi connectivity index (χ0) is 13.8. The molecule has 2 aromatic heterocycles. The number of nitrogens with one attached hydrogen (secondary N) is 1. The molecule has 0 aliphatic heterocycles. The summed E-state index contributed by atoms with van der Waals surface area (Å²) in [5.41, 5.74) is 1.56. The van der Waals surface area contributed by atoms with Gasteiger partial charge in [0.2, 0.25) is 0 Å². The highest BCUT2D eigenvalue weighted by molar-refractivity contribution is 5.93. The smallest absolute Gasteiger partial charge is 0.339 e. The van der Waals surface area contributed by atoms with Gasteiger partial charge in [0.05, 0.1) is 5.69 Å². The quantitative estimate of drug-likeness (QED) is 0.851. The molecule has 19 heavy (non-hydrogen) atoms. The summed E-state index contributed by atoms with van der Waals surface area (Å²) >= 11 is 0. The number of imidazole rings is 1. The lowest BCUT2D eigenvalue weighted by Gasteiger charge is -2.10. The third-order valence-corrected chi connectivity index (χ3v) is 2.86. The van der Waals surface area contributed by atoms with E-state index in [0.29, 0.717) is 12.2 Å². The van der Waals surface area contributed by atoms with Crippen LogP contribution in [-0.2, 0) is 13.5 Å². The lowest BCUT2D eigenvalue weighted by Crippen LogP contribution is -2.12. The van der Waals surface area contributed by atoms with Crippen molar-refractivity contribution in [3.63, 3.8) is 0 Å². The van der Waals surface area contributed by atoms with Crippen LogP contribution in [0.2, 0.25) is 0 Å². The normalized spacial score (nSPS) is 10.4. The minimum Gasteiger partial charge on any atom is -0.478 e. The van der Waals surface area contributed by atoms with Gasteiger partial charge in [-0.15, -0.1) is 0 Å². The summed E-state index contributed by atoms with van der Waals surface area (Å²) in [6, 6.07) is 1.74. The Morgan fingerprint density at radius 1 is 1.47 bits per heavy atom. The molecular weight excluding hydrogens is 244 g/mol. The van der Waals surface area contributed by atoms with Crippen molar-refractivity contribution in [2.24, 2.45) is 7.05 Å². The van der Waals surface area contributed by atoms with E-state index in [4.69, 9.17) is 5.11 Å². The molecule has 0 bridgehead atoms. The summed E-state index contributed by atoms with van der Waals surface area (Å²) in [4.78, 5) is 19.3. The molecule has 100 valence electrons. The highest BCUT2D eigenvalue weighted by Gasteiger charge is 2.10. The molecule has 0 aliphatic carbocycles. The maximum Gasteiger partial charge on any atom is 0.339 e. The van der Waals surface area contributed by atoms with Crippen molar-refractivity contribution in [2.45, 2.75) is 13.3 Å². The second-order valence-electron chi connectivity index (χ2n) is 4.31. The zero-order valence-electron chi connectivity index (χ0n) is 10.9. The molecule has 0 atom stereocenters. The lowest BCUT2D eigenvalue weighted by atomic mass is 10.2. The summed E-state index contributed by atoms with van der Waals surface area (Å²) in [5.74, 6) is -0.0258. The van der Waals surface area contributed by atoms with Crippen LogP contribution in [0.15, 0.2) is 24.7 Å². The fourth-order valence-corrected chi connectivity index (χ4v) is 1.82. The van der Waals surface area contributed by atoms with Gasteiger partial charge in [0.1, 0.15) is 11.4 Å². The van der Waals surface area contributed by atoms with Crippen molar-refractivity contribution in [1.82, 2.24) is 14.5 Å². The van der Waals surface area contributed by atoms with Gasteiger partial charge in [0.15, 0.2) is 0 Å². The molecule has 0 unspecified atom stereocenters. The zero-order valence-corrected chi connectivity index (χ0v) is 10.9. The van der Waals surface area contributed by atoms with E-state index < -0.39 is 5.97 Å². The van der Waals surface area contributed by atoms with Crippen LogP contribution < -0.4 is 5.32 Å². The number of carboxylic acid groups (broad SMARTS) is 1. The first-order valence-electron chi connectivity index (χ1n) is 5.98. The van der Waals surface area contributed by atoms with Gasteiger partial charge in [-0.3, -0.25) is 4.98 Å². The number of anilines is 1. The largest absolute Gasteiger partial charge is 0.478 e. The average molecular weight is 260 g/mol. The molecule has 0 saturated heterocycles. The molecule has 6 heteroatoms. The molecule has 0 aromatic carbocycles. The molecule has 0 radical (unpaired) electrons. The fraction of sp³-hybridized carbons (Fsp3) is 0.308. The molecule has 0 aliphatic rings. The van der Waals surface area contributed by atoms with Crippen molar-refractivity contribution < 1.29 is 9.90 Å². The van der Waals surface area contributed by atoms with Gasteiger partial charge in [0.25, 0.3) is 0 Å². The maximum absolute atomic E-state index is 11.1. The van der Waals surface area contributed by atoms with E-state index in [0.717, 1.165) is 17.9 Å². The number of carboxylic acids is 1. The number of pyridine rings is 1. The first-order chi connectivity index (χ1) is 9.08. The second-order valence-corrected chi connectivity index (χ2v) is 4.31. The van der Waals surface area contributed by atoms with Gasteiger partial charge >= 0.3 is 5.97 Å². The van der Waals surface area contributed by atoms with Crippen LogP contribution in [0.3, 0.4) is 0 Å². The SMILES string of the molecule is Cc1cc(NCCc2nccn2C)c(C(=O)O)cn1. The monoisotopic (exact) mass is 260 g/mol. The Labute approximate surface area is 111 Å². The summed E-state index contributed by atoms with van der Waals surface area (Å²) in [6.07, 6.45) is 5.73. The minimum absolute atomic E-state index is 0.186. The summed E-state index contributed by atoms with van der Waals surface area (Å²) in [7, 11) is 1.93. The summed E-state index contributed by atoms with van der Waals surface area (Å²) in [5, 5.41) is 12.2. The first kappa shape index (κ1) is 13.1. The highest BCUT2D eigenvalue weighted by Crippen LogP contribution is 2.15. The van der Waals surface area contributed by atoms with E-state index in [-0.39, 0.29) is 5.56 Å². The molecule has 6 nitrogen and oxygen atoms in total. The van der Waals surface area contributed by atoms with Crippen molar-refractivity contribution in [2.75, 3.05) is 11.9 Å². The van der Waals surface area contributed by atoms with Crippen molar-refractivity contribution >= 4 is 11.7 Å². The summed E-state index contributed by atoms with van der Waals surface area (Å²) in [6.45, 7) is 2.45. The highest BCUT2D eigenvalue weighted by atomic mass is 16.4. The van der Waals surface area contributed by atoms with Crippen LogP contribution in [0.4, 0.5) is 5.69 Å². The van der Waals surface area contributed by atoms with Gasteiger partial charge in [-0.1, -0.05) is 0 Å². The Kier molecular flexibility index (Phi) is 3.79. The van der Waals surface area contributed by atoms with Crippen LogP contribution in [0.25, 0.3) is 0 Å². The molecule has 0 amide bonds. The Bertz CT molecular complexity index is 592. The van der Waals surface area contributed by atoms with E-state index in [1.165, 1.54) is 6.20 Å². The minimum atomic E-state index is -0.980. The van der Waals surface area contributed by atoms with E-state index in [2.05, 4.69) is 15.3 Å². The van der Waals surface area contributed by atoms with Crippen LogP contribution in [0.5, 0.6) is 0 Å². The number of hydrogen-bond donors (Lipinski definition) is 2. The number of hydrogen-bond acceptors (Lipinski definition) is 4. The molecular formula is C13H16N4O2. The first-order valence-corrected chi connectivity index (χ1v) is 5.98. The number of aromatic nitrogens is 3. The Hall–Kier alpha value is -2.37. The molecule has 2 aromatic rings. The van der Waals surface area contributed by atoms with Crippen LogP contribution in [0.1, 0.15) is 21.9 Å². The van der Waals surface area contributed by atoms with Gasteiger partial charge in [0, 0.05) is 44.3 Å².